The number of ether oxygens (including phenoxy) is 2. The molecule has 5 rings (SSSR count). The van der Waals surface area contributed by atoms with Crippen molar-refractivity contribution in [2.75, 3.05) is 13.2 Å². The fraction of sp³-hybridized carbons (Fsp3) is 0.400. The number of nitrogens with one attached hydrogen (secondary N) is 1. The molecule has 39 heavy (non-hydrogen) atoms. The van der Waals surface area contributed by atoms with Gasteiger partial charge < -0.3 is 30.1 Å². The van der Waals surface area contributed by atoms with Gasteiger partial charge >= 0.3 is 0 Å². The van der Waals surface area contributed by atoms with Gasteiger partial charge in [0.1, 0.15) is 30.0 Å². The lowest BCUT2D eigenvalue weighted by Crippen LogP contribution is -2.69. The van der Waals surface area contributed by atoms with E-state index < -0.39 is 60.2 Å². The minimum atomic E-state index is -1.86. The molecule has 2 aromatic carbocycles. The molecule has 208 valence electrons. The number of rotatable bonds is 6. The van der Waals surface area contributed by atoms with Crippen molar-refractivity contribution in [1.29, 1.82) is 0 Å². The summed E-state index contributed by atoms with van der Waals surface area (Å²) in [7, 11) is 0. The van der Waals surface area contributed by atoms with E-state index in [4.69, 9.17) is 9.47 Å². The molecule has 0 saturated carbocycles. The van der Waals surface area contributed by atoms with Crippen LogP contribution in [0.15, 0.2) is 47.1 Å². The molecule has 4 N–H and O–H groups in total. The zero-order chi connectivity index (χ0) is 27.9. The average Bonchev–Trinajstić information content (AvgIpc) is 3.53. The van der Waals surface area contributed by atoms with Gasteiger partial charge in [-0.05, 0) is 36.2 Å². The molecule has 10 nitrogen and oxygen atoms in total. The standard InChI is InChI=1S/C25H24BrF3N4O6/c26-14-3-1-2-12(6-14)7-20(35)30-19-4-5-38-25(19)24(37)22(23(36)18(11-34)39-25)33-10-17(31-32-33)13-8-15(27)21(29)16(28)9-13/h1-3,6,8-10,18-19,22-24,34,36-37H,4-5,7,11H2,(H,30,35)/t18-,19?,22+,23+,24-,25+/m1/s1. The number of nitrogens with zero attached hydrogens (tertiary/aromatic N) is 3. The van der Waals surface area contributed by atoms with Crippen molar-refractivity contribution in [3.8, 4) is 11.3 Å². The highest BCUT2D eigenvalue weighted by Gasteiger charge is 2.62. The molecule has 3 aromatic rings. The van der Waals surface area contributed by atoms with Gasteiger partial charge in [0.25, 0.3) is 0 Å². The summed E-state index contributed by atoms with van der Waals surface area (Å²) in [5.41, 5.74) is 0.543. The van der Waals surface area contributed by atoms with E-state index in [2.05, 4.69) is 31.6 Å². The van der Waals surface area contributed by atoms with Crippen LogP contribution in [0.3, 0.4) is 0 Å². The third-order valence-electron chi connectivity index (χ3n) is 6.89. The van der Waals surface area contributed by atoms with E-state index in [-0.39, 0.29) is 36.6 Å². The second kappa shape index (κ2) is 10.9. The van der Waals surface area contributed by atoms with Crippen LogP contribution >= 0.6 is 15.9 Å². The SMILES string of the molecule is O=C(Cc1cccc(Br)c1)NC1CCO[C@]12O[C@H](CO)[C@H](O)[C@H](n1cc(-c3cc(F)c(F)c(F)c3)nn1)[C@H]2O. The Kier molecular flexibility index (Phi) is 7.77. The van der Waals surface area contributed by atoms with Crippen LogP contribution in [0.5, 0.6) is 0 Å². The van der Waals surface area contributed by atoms with E-state index in [1.165, 1.54) is 6.20 Å². The summed E-state index contributed by atoms with van der Waals surface area (Å²) in [6, 6.07) is 6.49. The van der Waals surface area contributed by atoms with Crippen LogP contribution in [-0.4, -0.2) is 79.6 Å². The van der Waals surface area contributed by atoms with Gasteiger partial charge in [0.2, 0.25) is 11.7 Å². The van der Waals surface area contributed by atoms with E-state index in [1.54, 1.807) is 18.2 Å². The second-order valence-electron chi connectivity index (χ2n) is 9.39. The number of hydrogen-bond acceptors (Lipinski definition) is 8. The van der Waals surface area contributed by atoms with Crippen molar-refractivity contribution < 1.29 is 42.8 Å². The Hall–Kier alpha value is -2.88. The number of carbonyl (C=O) groups is 1. The Bertz CT molecular complexity index is 1360. The third kappa shape index (κ3) is 5.19. The van der Waals surface area contributed by atoms with Crippen LogP contribution in [0.4, 0.5) is 13.2 Å². The van der Waals surface area contributed by atoms with Crippen LogP contribution in [0.25, 0.3) is 11.3 Å². The Labute approximate surface area is 228 Å². The van der Waals surface area contributed by atoms with Crippen molar-refractivity contribution >= 4 is 21.8 Å². The zero-order valence-corrected chi connectivity index (χ0v) is 21.8. The first-order valence-electron chi connectivity index (χ1n) is 12.0. The van der Waals surface area contributed by atoms with Crippen LogP contribution in [0, 0.1) is 17.5 Å². The highest BCUT2D eigenvalue weighted by molar-refractivity contribution is 9.10. The molecule has 6 atom stereocenters. The molecule has 1 amide bonds. The molecule has 2 fully saturated rings. The predicted octanol–water partition coefficient (Wildman–Crippen LogP) is 1.62. The average molecular weight is 613 g/mol. The van der Waals surface area contributed by atoms with E-state index in [9.17, 15) is 33.3 Å². The van der Waals surface area contributed by atoms with Crippen molar-refractivity contribution in [2.45, 2.75) is 49.0 Å². The fourth-order valence-electron chi connectivity index (χ4n) is 5.02. The van der Waals surface area contributed by atoms with E-state index in [1.807, 2.05) is 6.07 Å². The number of aliphatic hydroxyl groups excluding tert-OH is 3. The van der Waals surface area contributed by atoms with Crippen LogP contribution in [0.1, 0.15) is 18.0 Å². The first-order valence-corrected chi connectivity index (χ1v) is 12.8. The monoisotopic (exact) mass is 612 g/mol. The van der Waals surface area contributed by atoms with E-state index >= 15 is 0 Å². The van der Waals surface area contributed by atoms with Crippen LogP contribution in [0.2, 0.25) is 0 Å². The van der Waals surface area contributed by atoms with Crippen LogP contribution in [-0.2, 0) is 20.7 Å². The summed E-state index contributed by atoms with van der Waals surface area (Å²) in [5, 5.41) is 42.9. The quantitative estimate of drug-likeness (QED) is 0.308. The lowest BCUT2D eigenvalue weighted by atomic mass is 9.86. The molecular formula is C25H24BrF3N4O6. The summed E-state index contributed by atoms with van der Waals surface area (Å²) in [5.74, 6) is -6.72. The van der Waals surface area contributed by atoms with Gasteiger partial charge in [0.15, 0.2) is 17.5 Å². The molecule has 2 aliphatic rings. The summed E-state index contributed by atoms with van der Waals surface area (Å²) in [4.78, 5) is 12.9. The number of hydrogen-bond donors (Lipinski definition) is 4. The smallest absolute Gasteiger partial charge is 0.224 e. The van der Waals surface area contributed by atoms with Crippen LogP contribution < -0.4 is 5.32 Å². The second-order valence-corrected chi connectivity index (χ2v) is 10.3. The lowest BCUT2D eigenvalue weighted by molar-refractivity contribution is -0.345. The molecule has 0 radical (unpaired) electrons. The Morgan fingerprint density at radius 2 is 1.95 bits per heavy atom. The first-order chi connectivity index (χ1) is 18.6. The van der Waals surface area contributed by atoms with Crippen molar-refractivity contribution in [1.82, 2.24) is 20.3 Å². The molecular weight excluding hydrogens is 589 g/mol. The lowest BCUT2D eigenvalue weighted by Gasteiger charge is -2.49. The van der Waals surface area contributed by atoms with Gasteiger partial charge in [-0.15, -0.1) is 5.10 Å². The Morgan fingerprint density at radius 3 is 2.64 bits per heavy atom. The molecule has 0 aliphatic carbocycles. The minimum absolute atomic E-state index is 0.0365. The number of carbonyl (C=O) groups excluding carboxylic acids is 1. The summed E-state index contributed by atoms with van der Waals surface area (Å²) in [6.45, 7) is -0.569. The van der Waals surface area contributed by atoms with Gasteiger partial charge in [0, 0.05) is 10.0 Å². The number of aliphatic hydroxyl groups is 3. The molecule has 1 aromatic heterocycles. The summed E-state index contributed by atoms with van der Waals surface area (Å²) in [6.07, 6.45) is -2.91. The number of benzene rings is 2. The third-order valence-corrected chi connectivity index (χ3v) is 7.38. The predicted molar refractivity (Wildman–Crippen MR) is 131 cm³/mol. The highest BCUT2D eigenvalue weighted by atomic mass is 79.9. The maximum Gasteiger partial charge on any atom is 0.224 e. The minimum Gasteiger partial charge on any atom is -0.394 e. The van der Waals surface area contributed by atoms with Gasteiger partial charge in [0.05, 0.1) is 31.9 Å². The van der Waals surface area contributed by atoms with E-state index in [0.29, 0.717) is 0 Å². The molecule has 1 unspecified atom stereocenters. The molecule has 1 spiro atoms. The Balaban J connectivity index is 1.42. The molecule has 2 aliphatic heterocycles. The number of aromatic nitrogens is 3. The zero-order valence-electron chi connectivity index (χ0n) is 20.2. The summed E-state index contributed by atoms with van der Waals surface area (Å²) < 4.78 is 54.5. The molecule has 0 bridgehead atoms. The molecule has 3 heterocycles. The largest absolute Gasteiger partial charge is 0.394 e. The van der Waals surface area contributed by atoms with Crippen molar-refractivity contribution in [3.63, 3.8) is 0 Å². The molecule has 14 heteroatoms. The number of halogens is 4. The maximum atomic E-state index is 13.8. The fourth-order valence-corrected chi connectivity index (χ4v) is 5.47. The van der Waals surface area contributed by atoms with Gasteiger partial charge in [-0.2, -0.15) is 0 Å². The number of amides is 1. The maximum absolute atomic E-state index is 13.8. The topological polar surface area (TPSA) is 139 Å². The van der Waals surface area contributed by atoms with E-state index in [0.717, 1.165) is 26.9 Å². The van der Waals surface area contributed by atoms with Gasteiger partial charge in [-0.1, -0.05) is 33.3 Å². The van der Waals surface area contributed by atoms with Gasteiger partial charge in [-0.3, -0.25) is 4.79 Å². The highest BCUT2D eigenvalue weighted by Crippen LogP contribution is 2.43. The summed E-state index contributed by atoms with van der Waals surface area (Å²) >= 11 is 3.36. The normalized spacial score (nSPS) is 28.6. The first kappa shape index (κ1) is 27.7. The van der Waals surface area contributed by atoms with Gasteiger partial charge in [-0.25, -0.2) is 17.9 Å². The Morgan fingerprint density at radius 1 is 1.21 bits per heavy atom. The van der Waals surface area contributed by atoms with Crippen molar-refractivity contribution in [3.05, 3.63) is 70.1 Å². The van der Waals surface area contributed by atoms with Crippen molar-refractivity contribution in [2.24, 2.45) is 0 Å². The molecule has 2 saturated heterocycles.